The van der Waals surface area contributed by atoms with Crippen LogP contribution >= 0.6 is 22.9 Å². The second-order valence-corrected chi connectivity index (χ2v) is 8.62. The van der Waals surface area contributed by atoms with Gasteiger partial charge in [-0.05, 0) is 41.3 Å². The van der Waals surface area contributed by atoms with Gasteiger partial charge < -0.3 is 5.11 Å². The highest BCUT2D eigenvalue weighted by atomic mass is 35.5. The molecule has 1 unspecified atom stereocenters. The molecule has 2 heterocycles. The van der Waals surface area contributed by atoms with Crippen molar-refractivity contribution < 1.29 is 14.7 Å². The number of Topliss-reactive ketones (excluding diaryl/α,β-unsaturated/α-hetero) is 1. The molecule has 0 saturated carbocycles. The third-order valence-corrected chi connectivity index (χ3v) is 6.13. The van der Waals surface area contributed by atoms with Crippen LogP contribution in [0.5, 0.6) is 0 Å². The highest BCUT2D eigenvalue weighted by Gasteiger charge is 2.47. The van der Waals surface area contributed by atoms with E-state index in [1.807, 2.05) is 24.3 Å². The molecule has 3 aromatic rings. The number of rotatable bonds is 4. The SMILES string of the molecule is CC(C)c1ccc(C2/C(=C(/O)c3ccc(Cl)cc3)C(=O)C(=O)N2c2nccs2)cc1. The Bertz CT molecular complexity index is 1120. The summed E-state index contributed by atoms with van der Waals surface area (Å²) in [6, 6.07) is 13.5. The molecular formula is C23H19ClN2O3S. The zero-order valence-corrected chi connectivity index (χ0v) is 17.9. The minimum atomic E-state index is -0.770. The first kappa shape index (κ1) is 20.3. The number of thiazole rings is 1. The van der Waals surface area contributed by atoms with E-state index in [0.29, 0.717) is 21.6 Å². The van der Waals surface area contributed by atoms with Crippen LogP contribution in [0.25, 0.3) is 5.76 Å². The number of anilines is 1. The van der Waals surface area contributed by atoms with Gasteiger partial charge in [0, 0.05) is 22.2 Å². The average molecular weight is 439 g/mol. The van der Waals surface area contributed by atoms with E-state index in [9.17, 15) is 14.7 Å². The number of nitrogens with zero attached hydrogens (tertiary/aromatic N) is 2. The minimum absolute atomic E-state index is 0.0369. The molecule has 1 N–H and O–H groups in total. The molecule has 1 amide bonds. The van der Waals surface area contributed by atoms with Gasteiger partial charge in [0.1, 0.15) is 5.76 Å². The Balaban J connectivity index is 1.90. The number of carbonyl (C=O) groups is 2. The minimum Gasteiger partial charge on any atom is -0.507 e. The predicted octanol–water partition coefficient (Wildman–Crippen LogP) is 5.55. The van der Waals surface area contributed by atoms with Gasteiger partial charge in [-0.25, -0.2) is 4.98 Å². The summed E-state index contributed by atoms with van der Waals surface area (Å²) in [5, 5.41) is 13.7. The standard InChI is InChI=1S/C23H19ClN2O3S/c1-13(2)14-3-5-15(6-4-14)19-18(20(27)16-7-9-17(24)10-8-16)21(28)22(29)26(19)23-25-11-12-30-23/h3-13,19,27H,1-2H3/b20-18-. The topological polar surface area (TPSA) is 70.5 Å². The zero-order chi connectivity index (χ0) is 21.4. The van der Waals surface area contributed by atoms with E-state index in [1.54, 1.807) is 35.8 Å². The van der Waals surface area contributed by atoms with Crippen LogP contribution in [-0.4, -0.2) is 21.8 Å². The fraction of sp³-hybridized carbons (Fsp3) is 0.174. The predicted molar refractivity (Wildman–Crippen MR) is 119 cm³/mol. The molecule has 1 atom stereocenters. The van der Waals surface area contributed by atoms with Crippen molar-refractivity contribution >= 4 is 45.5 Å². The van der Waals surface area contributed by atoms with Crippen LogP contribution in [0.1, 0.15) is 42.5 Å². The van der Waals surface area contributed by atoms with Crippen LogP contribution in [0.2, 0.25) is 5.02 Å². The van der Waals surface area contributed by atoms with Crippen molar-refractivity contribution in [2.24, 2.45) is 0 Å². The number of aromatic nitrogens is 1. The number of carbonyl (C=O) groups excluding carboxylic acids is 2. The highest BCUT2D eigenvalue weighted by Crippen LogP contribution is 2.42. The monoisotopic (exact) mass is 438 g/mol. The van der Waals surface area contributed by atoms with Crippen LogP contribution in [0.3, 0.4) is 0 Å². The number of halogens is 1. The number of aliphatic hydroxyl groups is 1. The van der Waals surface area contributed by atoms with Crippen molar-refractivity contribution in [1.82, 2.24) is 4.98 Å². The van der Waals surface area contributed by atoms with Crippen molar-refractivity contribution in [3.05, 3.63) is 87.4 Å². The van der Waals surface area contributed by atoms with Gasteiger partial charge in [0.15, 0.2) is 5.13 Å². The van der Waals surface area contributed by atoms with Crippen LogP contribution in [0.15, 0.2) is 65.7 Å². The molecule has 1 fully saturated rings. The van der Waals surface area contributed by atoms with E-state index in [0.717, 1.165) is 11.1 Å². The molecule has 152 valence electrons. The van der Waals surface area contributed by atoms with E-state index < -0.39 is 17.7 Å². The lowest BCUT2D eigenvalue weighted by Gasteiger charge is -2.23. The van der Waals surface area contributed by atoms with Gasteiger partial charge in [-0.15, -0.1) is 11.3 Å². The zero-order valence-electron chi connectivity index (χ0n) is 16.4. The number of hydrogen-bond acceptors (Lipinski definition) is 5. The molecule has 2 aromatic carbocycles. The van der Waals surface area contributed by atoms with Crippen LogP contribution < -0.4 is 4.90 Å². The van der Waals surface area contributed by atoms with E-state index >= 15 is 0 Å². The number of aliphatic hydroxyl groups excluding tert-OH is 1. The van der Waals surface area contributed by atoms with Gasteiger partial charge in [-0.2, -0.15) is 0 Å². The van der Waals surface area contributed by atoms with Crippen LogP contribution in [0, 0.1) is 0 Å². The summed E-state index contributed by atoms with van der Waals surface area (Å²) in [6.45, 7) is 4.19. The quantitative estimate of drug-likeness (QED) is 0.329. The maximum absolute atomic E-state index is 13.0. The fourth-order valence-corrected chi connectivity index (χ4v) is 4.30. The van der Waals surface area contributed by atoms with Crippen molar-refractivity contribution in [2.45, 2.75) is 25.8 Å². The van der Waals surface area contributed by atoms with E-state index in [2.05, 4.69) is 18.8 Å². The molecular weight excluding hydrogens is 420 g/mol. The third kappa shape index (κ3) is 3.53. The molecule has 7 heteroatoms. The Morgan fingerprint density at radius 2 is 1.77 bits per heavy atom. The first-order chi connectivity index (χ1) is 14.4. The number of amides is 1. The lowest BCUT2D eigenvalue weighted by atomic mass is 9.93. The molecule has 0 radical (unpaired) electrons. The third-order valence-electron chi connectivity index (χ3n) is 5.11. The Morgan fingerprint density at radius 1 is 1.10 bits per heavy atom. The summed E-state index contributed by atoms with van der Waals surface area (Å²) < 4.78 is 0. The van der Waals surface area contributed by atoms with E-state index in [4.69, 9.17) is 11.6 Å². The summed E-state index contributed by atoms with van der Waals surface area (Å²) >= 11 is 7.21. The lowest BCUT2D eigenvalue weighted by Crippen LogP contribution is -2.29. The molecule has 1 saturated heterocycles. The van der Waals surface area contributed by atoms with Crippen molar-refractivity contribution in [2.75, 3.05) is 4.90 Å². The molecule has 0 bridgehead atoms. The van der Waals surface area contributed by atoms with Gasteiger partial charge >= 0.3 is 5.91 Å². The fourth-order valence-electron chi connectivity index (χ4n) is 3.51. The largest absolute Gasteiger partial charge is 0.507 e. The normalized spacial score (nSPS) is 18.4. The molecule has 1 aromatic heterocycles. The summed E-state index contributed by atoms with van der Waals surface area (Å²) in [5.41, 5.74) is 2.32. The molecule has 1 aliphatic heterocycles. The summed E-state index contributed by atoms with van der Waals surface area (Å²) in [4.78, 5) is 31.5. The summed E-state index contributed by atoms with van der Waals surface area (Å²) in [7, 11) is 0. The van der Waals surface area contributed by atoms with Gasteiger partial charge in [0.05, 0.1) is 11.6 Å². The van der Waals surface area contributed by atoms with Gasteiger partial charge in [-0.3, -0.25) is 14.5 Å². The van der Waals surface area contributed by atoms with E-state index in [1.165, 1.54) is 16.2 Å². The second-order valence-electron chi connectivity index (χ2n) is 7.31. The number of ketones is 1. The Labute approximate surface area is 183 Å². The van der Waals surface area contributed by atoms with Crippen LogP contribution in [0.4, 0.5) is 5.13 Å². The highest BCUT2D eigenvalue weighted by molar-refractivity contribution is 7.14. The van der Waals surface area contributed by atoms with Crippen molar-refractivity contribution in [3.8, 4) is 0 Å². The first-order valence-electron chi connectivity index (χ1n) is 9.44. The number of benzene rings is 2. The summed E-state index contributed by atoms with van der Waals surface area (Å²) in [6.07, 6.45) is 1.58. The van der Waals surface area contributed by atoms with Crippen molar-refractivity contribution in [3.63, 3.8) is 0 Å². The lowest BCUT2D eigenvalue weighted by molar-refractivity contribution is -0.132. The van der Waals surface area contributed by atoms with Gasteiger partial charge in [0.25, 0.3) is 5.78 Å². The van der Waals surface area contributed by atoms with Crippen molar-refractivity contribution in [1.29, 1.82) is 0 Å². The molecule has 0 aliphatic carbocycles. The molecule has 0 spiro atoms. The Hall–Kier alpha value is -2.96. The average Bonchev–Trinajstić information content (AvgIpc) is 3.35. The molecule has 30 heavy (non-hydrogen) atoms. The molecule has 1 aliphatic rings. The van der Waals surface area contributed by atoms with Crippen LogP contribution in [-0.2, 0) is 9.59 Å². The molecule has 4 rings (SSSR count). The Kier molecular flexibility index (Phi) is 5.45. The maximum Gasteiger partial charge on any atom is 0.301 e. The van der Waals surface area contributed by atoms with E-state index in [-0.39, 0.29) is 11.3 Å². The Morgan fingerprint density at radius 3 is 2.33 bits per heavy atom. The number of hydrogen-bond donors (Lipinski definition) is 1. The van der Waals surface area contributed by atoms with Gasteiger partial charge in [0.2, 0.25) is 0 Å². The maximum atomic E-state index is 13.0. The van der Waals surface area contributed by atoms with Gasteiger partial charge in [-0.1, -0.05) is 49.7 Å². The second kappa shape index (κ2) is 8.05. The smallest absolute Gasteiger partial charge is 0.301 e. The summed E-state index contributed by atoms with van der Waals surface area (Å²) in [5.74, 6) is -1.34. The first-order valence-corrected chi connectivity index (χ1v) is 10.7. The molecule has 5 nitrogen and oxygen atoms in total.